The van der Waals surface area contributed by atoms with Crippen molar-refractivity contribution in [2.75, 3.05) is 0 Å². The third kappa shape index (κ3) is 1.68. The zero-order chi connectivity index (χ0) is 14.4. The highest BCUT2D eigenvalue weighted by atomic mass is 16.3. The van der Waals surface area contributed by atoms with E-state index in [1.54, 1.807) is 30.3 Å². The van der Waals surface area contributed by atoms with Crippen molar-refractivity contribution in [3.63, 3.8) is 0 Å². The molecule has 100 valence electrons. The van der Waals surface area contributed by atoms with Gasteiger partial charge in [-0.1, -0.05) is 54.3 Å². The number of ketones is 1. The van der Waals surface area contributed by atoms with Crippen LogP contribution in [0.15, 0.2) is 60.7 Å². The molecule has 0 fully saturated rings. The Morgan fingerprint density at radius 2 is 1.52 bits per heavy atom. The molecular weight excluding hydrogens is 262 g/mol. The van der Waals surface area contributed by atoms with Gasteiger partial charge in [0.2, 0.25) is 0 Å². The summed E-state index contributed by atoms with van der Waals surface area (Å²) in [7, 11) is 0. The van der Waals surface area contributed by atoms with Crippen LogP contribution in [0, 0.1) is 0 Å². The Hall–Kier alpha value is -2.94. The largest absolute Gasteiger partial charge is 0.871 e. The molecule has 0 N–H and O–H groups in total. The van der Waals surface area contributed by atoms with Crippen molar-refractivity contribution in [3.8, 4) is 0 Å². The fourth-order valence-electron chi connectivity index (χ4n) is 2.69. The van der Waals surface area contributed by atoms with Crippen LogP contribution in [0.1, 0.15) is 21.6 Å². The van der Waals surface area contributed by atoms with Crippen LogP contribution in [0.2, 0.25) is 0 Å². The lowest BCUT2D eigenvalue weighted by atomic mass is 10.1. The van der Waals surface area contributed by atoms with E-state index in [0.29, 0.717) is 16.8 Å². The summed E-state index contributed by atoms with van der Waals surface area (Å²) >= 11 is 0. The SMILES string of the molecule is O=C1C(c2ccc3ccccc3n2)=C([O-])c2ccccc21. The number of allylic oxidation sites excluding steroid dienone is 1. The Balaban J connectivity index is 1.93. The molecule has 0 amide bonds. The van der Waals surface area contributed by atoms with Gasteiger partial charge in [-0.05, 0) is 17.7 Å². The van der Waals surface area contributed by atoms with E-state index in [4.69, 9.17) is 0 Å². The monoisotopic (exact) mass is 272 g/mol. The van der Waals surface area contributed by atoms with E-state index >= 15 is 0 Å². The van der Waals surface area contributed by atoms with Crippen LogP contribution in [0.5, 0.6) is 0 Å². The third-order valence-corrected chi connectivity index (χ3v) is 3.72. The van der Waals surface area contributed by atoms with Crippen molar-refractivity contribution < 1.29 is 9.90 Å². The van der Waals surface area contributed by atoms with Gasteiger partial charge < -0.3 is 5.11 Å². The third-order valence-electron chi connectivity index (χ3n) is 3.72. The number of para-hydroxylation sites is 1. The quantitative estimate of drug-likeness (QED) is 0.684. The maximum Gasteiger partial charge on any atom is 0.195 e. The molecule has 0 atom stereocenters. The lowest BCUT2D eigenvalue weighted by Crippen LogP contribution is -2.05. The number of carbonyl (C=O) groups excluding carboxylic acids is 1. The number of hydrogen-bond acceptors (Lipinski definition) is 3. The number of carbonyl (C=O) groups is 1. The van der Waals surface area contributed by atoms with Gasteiger partial charge in [-0.15, -0.1) is 0 Å². The number of aromatic nitrogens is 1. The number of pyridine rings is 1. The van der Waals surface area contributed by atoms with Gasteiger partial charge in [0.05, 0.1) is 11.2 Å². The van der Waals surface area contributed by atoms with E-state index in [1.807, 2.05) is 30.3 Å². The molecule has 21 heavy (non-hydrogen) atoms. The Labute approximate surface area is 121 Å². The van der Waals surface area contributed by atoms with Crippen LogP contribution in [0.4, 0.5) is 0 Å². The van der Waals surface area contributed by atoms with Crippen molar-refractivity contribution in [3.05, 3.63) is 77.5 Å². The first-order valence-corrected chi connectivity index (χ1v) is 6.67. The molecule has 4 rings (SSSR count). The standard InChI is InChI=1S/C18H11NO2/c20-17-12-6-2-3-7-13(12)18(21)16(17)15-10-9-11-5-1-4-8-14(11)19-15/h1-10,20H/p-1. The molecule has 0 spiro atoms. The molecule has 1 aromatic heterocycles. The van der Waals surface area contributed by atoms with Crippen molar-refractivity contribution in [2.24, 2.45) is 0 Å². The van der Waals surface area contributed by atoms with E-state index in [2.05, 4.69) is 4.98 Å². The maximum atomic E-state index is 12.4. The summed E-state index contributed by atoms with van der Waals surface area (Å²) in [6, 6.07) is 18.2. The predicted octanol–water partition coefficient (Wildman–Crippen LogP) is 2.66. The number of fused-ring (bicyclic) bond motifs is 2. The number of Topliss-reactive ketones (excluding diaryl/α,β-unsaturated/α-hetero) is 1. The molecule has 3 aromatic rings. The summed E-state index contributed by atoms with van der Waals surface area (Å²) in [5.41, 5.74) is 2.32. The predicted molar refractivity (Wildman–Crippen MR) is 79.3 cm³/mol. The number of nitrogens with zero attached hydrogens (tertiary/aromatic N) is 1. The fourth-order valence-corrected chi connectivity index (χ4v) is 2.69. The van der Waals surface area contributed by atoms with Crippen molar-refractivity contribution in [1.82, 2.24) is 4.98 Å². The lowest BCUT2D eigenvalue weighted by molar-refractivity contribution is -0.242. The smallest absolute Gasteiger partial charge is 0.195 e. The second-order valence-corrected chi connectivity index (χ2v) is 4.97. The summed E-state index contributed by atoms with van der Waals surface area (Å²) in [5.74, 6) is -0.475. The summed E-state index contributed by atoms with van der Waals surface area (Å²) in [5, 5.41) is 13.4. The minimum Gasteiger partial charge on any atom is -0.871 e. The summed E-state index contributed by atoms with van der Waals surface area (Å²) < 4.78 is 0. The van der Waals surface area contributed by atoms with Crippen LogP contribution in [-0.2, 0) is 0 Å². The first-order chi connectivity index (χ1) is 10.3. The van der Waals surface area contributed by atoms with Gasteiger partial charge in [-0.25, -0.2) is 4.98 Å². The molecule has 0 saturated carbocycles. The Bertz CT molecular complexity index is 925. The van der Waals surface area contributed by atoms with Crippen LogP contribution in [0.25, 0.3) is 22.2 Å². The van der Waals surface area contributed by atoms with Crippen LogP contribution < -0.4 is 5.11 Å². The average molecular weight is 272 g/mol. The highest BCUT2D eigenvalue weighted by Crippen LogP contribution is 2.34. The van der Waals surface area contributed by atoms with E-state index in [-0.39, 0.29) is 17.1 Å². The van der Waals surface area contributed by atoms with Gasteiger partial charge in [0.1, 0.15) is 0 Å². The number of hydrogen-bond donors (Lipinski definition) is 0. The molecule has 0 radical (unpaired) electrons. The van der Waals surface area contributed by atoms with Crippen LogP contribution in [-0.4, -0.2) is 10.8 Å². The molecule has 0 saturated heterocycles. The first-order valence-electron chi connectivity index (χ1n) is 6.67. The molecule has 3 heteroatoms. The molecule has 1 aliphatic carbocycles. The van der Waals surface area contributed by atoms with Gasteiger partial charge in [0.15, 0.2) is 5.78 Å². The second-order valence-electron chi connectivity index (χ2n) is 4.97. The molecule has 2 aromatic carbocycles. The van der Waals surface area contributed by atoms with Crippen molar-refractivity contribution >= 4 is 28.0 Å². The zero-order valence-electron chi connectivity index (χ0n) is 11.0. The highest BCUT2D eigenvalue weighted by molar-refractivity contribution is 6.38. The van der Waals surface area contributed by atoms with E-state index in [1.165, 1.54) is 0 Å². The number of benzene rings is 2. The normalized spacial score (nSPS) is 13.8. The molecular formula is C18H10NO2-. The topological polar surface area (TPSA) is 53.0 Å². The maximum absolute atomic E-state index is 12.4. The summed E-state index contributed by atoms with van der Waals surface area (Å²) in [6.45, 7) is 0. The summed E-state index contributed by atoms with van der Waals surface area (Å²) in [6.07, 6.45) is 0. The molecule has 0 unspecified atom stereocenters. The minimum absolute atomic E-state index is 0.168. The molecule has 3 nitrogen and oxygen atoms in total. The number of rotatable bonds is 1. The Kier molecular flexibility index (Phi) is 2.42. The zero-order valence-corrected chi connectivity index (χ0v) is 11.0. The van der Waals surface area contributed by atoms with Crippen LogP contribution in [0.3, 0.4) is 0 Å². The summed E-state index contributed by atoms with van der Waals surface area (Å²) in [4.78, 5) is 16.9. The fraction of sp³-hybridized carbons (Fsp3) is 0. The average Bonchev–Trinajstić information content (AvgIpc) is 2.79. The minimum atomic E-state index is -0.238. The van der Waals surface area contributed by atoms with Crippen molar-refractivity contribution in [2.45, 2.75) is 0 Å². The van der Waals surface area contributed by atoms with Gasteiger partial charge >= 0.3 is 0 Å². The van der Waals surface area contributed by atoms with E-state index in [9.17, 15) is 9.90 Å². The van der Waals surface area contributed by atoms with Crippen LogP contribution >= 0.6 is 0 Å². The van der Waals surface area contributed by atoms with Gasteiger partial charge in [0.25, 0.3) is 0 Å². The second kappa shape index (κ2) is 4.28. The molecule has 1 aliphatic rings. The molecule has 0 aliphatic heterocycles. The molecule has 1 heterocycles. The highest BCUT2D eigenvalue weighted by Gasteiger charge is 2.26. The Morgan fingerprint density at radius 3 is 2.33 bits per heavy atom. The van der Waals surface area contributed by atoms with Gasteiger partial charge in [-0.2, -0.15) is 0 Å². The lowest BCUT2D eigenvalue weighted by Gasteiger charge is -2.11. The Morgan fingerprint density at radius 1 is 0.810 bits per heavy atom. The first kappa shape index (κ1) is 11.9. The van der Waals surface area contributed by atoms with Gasteiger partial charge in [0, 0.05) is 16.5 Å². The van der Waals surface area contributed by atoms with Crippen molar-refractivity contribution in [1.29, 1.82) is 0 Å². The van der Waals surface area contributed by atoms with E-state index < -0.39 is 0 Å². The van der Waals surface area contributed by atoms with Gasteiger partial charge in [-0.3, -0.25) is 4.79 Å². The van der Waals surface area contributed by atoms with E-state index in [0.717, 1.165) is 10.9 Å². The molecule has 0 bridgehead atoms.